The topological polar surface area (TPSA) is 12.0 Å². The molecule has 0 radical (unpaired) electrons. The Balaban J connectivity index is 1.90. The Morgan fingerprint density at radius 1 is 1.25 bits per heavy atom. The number of hydrogen-bond acceptors (Lipinski definition) is 2. The van der Waals surface area contributed by atoms with Crippen molar-refractivity contribution < 1.29 is 0 Å². The predicted octanol–water partition coefficient (Wildman–Crippen LogP) is 3.40. The zero-order valence-electron chi connectivity index (χ0n) is 10.3. The zero-order valence-corrected chi connectivity index (χ0v) is 11.1. The van der Waals surface area contributed by atoms with Crippen molar-refractivity contribution in [1.29, 1.82) is 0 Å². The van der Waals surface area contributed by atoms with Crippen molar-refractivity contribution in [2.45, 2.75) is 31.6 Å². The molecule has 88 valence electrons. The van der Waals surface area contributed by atoms with Gasteiger partial charge in [0.2, 0.25) is 0 Å². The van der Waals surface area contributed by atoms with Crippen LogP contribution < -0.4 is 5.32 Å². The van der Waals surface area contributed by atoms with E-state index < -0.39 is 0 Å². The number of aryl methyl sites for hydroxylation is 2. The molecular formula is C14H21NS. The number of benzene rings is 1. The van der Waals surface area contributed by atoms with Gasteiger partial charge in [-0.15, -0.1) is 11.8 Å². The van der Waals surface area contributed by atoms with E-state index in [1.54, 1.807) is 0 Å². The summed E-state index contributed by atoms with van der Waals surface area (Å²) < 4.78 is 0. The summed E-state index contributed by atoms with van der Waals surface area (Å²) in [4.78, 5) is 1.47. The lowest BCUT2D eigenvalue weighted by Gasteiger charge is -2.22. The monoisotopic (exact) mass is 235 g/mol. The Morgan fingerprint density at radius 3 is 2.75 bits per heavy atom. The molecule has 1 heterocycles. The van der Waals surface area contributed by atoms with Gasteiger partial charge in [-0.2, -0.15) is 0 Å². The van der Waals surface area contributed by atoms with Gasteiger partial charge >= 0.3 is 0 Å². The third kappa shape index (κ3) is 3.26. The summed E-state index contributed by atoms with van der Waals surface area (Å²) in [6.45, 7) is 6.80. The van der Waals surface area contributed by atoms with Crippen LogP contribution in [0.5, 0.6) is 0 Å². The van der Waals surface area contributed by atoms with E-state index in [1.807, 2.05) is 11.8 Å². The molecule has 0 unspecified atom stereocenters. The highest BCUT2D eigenvalue weighted by molar-refractivity contribution is 7.99. The van der Waals surface area contributed by atoms with Crippen LogP contribution in [0.1, 0.15) is 24.0 Å². The third-order valence-corrected chi connectivity index (χ3v) is 4.67. The normalized spacial score (nSPS) is 17.6. The summed E-state index contributed by atoms with van der Waals surface area (Å²) in [5.74, 6) is 2.19. The number of nitrogens with one attached hydrogen (secondary N) is 1. The summed E-state index contributed by atoms with van der Waals surface area (Å²) in [5.41, 5.74) is 2.79. The second-order valence-corrected chi connectivity index (χ2v) is 5.84. The first kappa shape index (κ1) is 12.0. The van der Waals surface area contributed by atoms with Crippen molar-refractivity contribution in [3.63, 3.8) is 0 Å². The summed E-state index contributed by atoms with van der Waals surface area (Å²) in [5, 5.41) is 3.42. The Morgan fingerprint density at radius 2 is 2.00 bits per heavy atom. The lowest BCUT2D eigenvalue weighted by Crippen LogP contribution is -2.28. The molecule has 2 rings (SSSR count). The Bertz CT molecular complexity index is 343. The van der Waals surface area contributed by atoms with Gasteiger partial charge in [-0.25, -0.2) is 0 Å². The van der Waals surface area contributed by atoms with Gasteiger partial charge < -0.3 is 5.32 Å². The molecule has 1 fully saturated rings. The summed E-state index contributed by atoms with van der Waals surface area (Å²) >= 11 is 2.04. The standard InChI is InChI=1S/C14H21NS/c1-11-3-4-12(2)14(9-11)16-10-13-5-7-15-8-6-13/h3-4,9,13,15H,5-8,10H2,1-2H3. The Labute approximate surface area is 103 Å². The third-order valence-electron chi connectivity index (χ3n) is 3.28. The van der Waals surface area contributed by atoms with Crippen molar-refractivity contribution in [1.82, 2.24) is 5.32 Å². The highest BCUT2D eigenvalue weighted by Crippen LogP contribution is 2.27. The second-order valence-electron chi connectivity index (χ2n) is 4.77. The van der Waals surface area contributed by atoms with Gasteiger partial charge in [-0.3, -0.25) is 0 Å². The van der Waals surface area contributed by atoms with Gasteiger partial charge in [0.1, 0.15) is 0 Å². The van der Waals surface area contributed by atoms with Gasteiger partial charge in [-0.1, -0.05) is 17.7 Å². The van der Waals surface area contributed by atoms with Crippen molar-refractivity contribution in [2.24, 2.45) is 5.92 Å². The molecule has 1 aromatic rings. The van der Waals surface area contributed by atoms with Crippen molar-refractivity contribution in [3.05, 3.63) is 29.3 Å². The van der Waals surface area contributed by atoms with Gasteiger partial charge in [0.15, 0.2) is 0 Å². The first-order valence-corrected chi connectivity index (χ1v) is 7.15. The van der Waals surface area contributed by atoms with E-state index in [9.17, 15) is 0 Å². The van der Waals surface area contributed by atoms with Crippen LogP contribution in [-0.2, 0) is 0 Å². The molecule has 0 amide bonds. The molecule has 0 saturated carbocycles. The van der Waals surface area contributed by atoms with Crippen LogP contribution in [0.15, 0.2) is 23.1 Å². The van der Waals surface area contributed by atoms with Gasteiger partial charge in [0, 0.05) is 10.6 Å². The maximum Gasteiger partial charge on any atom is 0.0104 e. The Kier molecular flexibility index (Phi) is 4.30. The van der Waals surface area contributed by atoms with Crippen LogP contribution in [-0.4, -0.2) is 18.8 Å². The fraction of sp³-hybridized carbons (Fsp3) is 0.571. The number of rotatable bonds is 3. The molecule has 1 N–H and O–H groups in total. The molecular weight excluding hydrogens is 214 g/mol. The maximum atomic E-state index is 3.42. The van der Waals surface area contributed by atoms with Crippen molar-refractivity contribution in [2.75, 3.05) is 18.8 Å². The van der Waals surface area contributed by atoms with E-state index in [-0.39, 0.29) is 0 Å². The van der Waals surface area contributed by atoms with Crippen LogP contribution >= 0.6 is 11.8 Å². The van der Waals surface area contributed by atoms with Crippen LogP contribution in [0.25, 0.3) is 0 Å². The lowest BCUT2D eigenvalue weighted by molar-refractivity contribution is 0.408. The summed E-state index contributed by atoms with van der Waals surface area (Å²) in [6.07, 6.45) is 2.69. The molecule has 16 heavy (non-hydrogen) atoms. The SMILES string of the molecule is Cc1ccc(C)c(SCC2CCNCC2)c1. The van der Waals surface area contributed by atoms with E-state index >= 15 is 0 Å². The lowest BCUT2D eigenvalue weighted by atomic mass is 10.0. The maximum absolute atomic E-state index is 3.42. The highest BCUT2D eigenvalue weighted by Gasteiger charge is 2.13. The summed E-state index contributed by atoms with van der Waals surface area (Å²) in [7, 11) is 0. The van der Waals surface area contributed by atoms with Crippen LogP contribution in [0.3, 0.4) is 0 Å². The van der Waals surface area contributed by atoms with Gasteiger partial charge in [0.25, 0.3) is 0 Å². The molecule has 0 atom stereocenters. The first-order valence-electron chi connectivity index (χ1n) is 6.16. The zero-order chi connectivity index (χ0) is 11.4. The molecule has 0 bridgehead atoms. The highest BCUT2D eigenvalue weighted by atomic mass is 32.2. The fourth-order valence-electron chi connectivity index (χ4n) is 2.12. The molecule has 0 aliphatic carbocycles. The van der Waals surface area contributed by atoms with Gasteiger partial charge in [-0.05, 0) is 57.3 Å². The average molecular weight is 235 g/mol. The minimum atomic E-state index is 0.908. The summed E-state index contributed by atoms with van der Waals surface area (Å²) in [6, 6.07) is 6.76. The van der Waals surface area contributed by atoms with E-state index in [0.29, 0.717) is 0 Å². The van der Waals surface area contributed by atoms with Crippen molar-refractivity contribution >= 4 is 11.8 Å². The smallest absolute Gasteiger partial charge is 0.0104 e. The molecule has 2 heteroatoms. The quantitative estimate of drug-likeness (QED) is 0.806. The number of thioether (sulfide) groups is 1. The molecule has 1 aromatic carbocycles. The molecule has 1 aliphatic rings. The Hall–Kier alpha value is -0.470. The van der Waals surface area contributed by atoms with Gasteiger partial charge in [0.05, 0.1) is 0 Å². The molecule has 1 nitrogen and oxygen atoms in total. The van der Waals surface area contributed by atoms with E-state index in [0.717, 1.165) is 5.92 Å². The van der Waals surface area contributed by atoms with E-state index in [2.05, 4.69) is 37.4 Å². The number of piperidine rings is 1. The van der Waals surface area contributed by atoms with Crippen LogP contribution in [0.4, 0.5) is 0 Å². The fourth-order valence-corrected chi connectivity index (χ4v) is 3.43. The molecule has 1 aliphatic heterocycles. The van der Waals surface area contributed by atoms with E-state index in [1.165, 1.54) is 47.7 Å². The van der Waals surface area contributed by atoms with Crippen LogP contribution in [0.2, 0.25) is 0 Å². The molecule has 0 aromatic heterocycles. The van der Waals surface area contributed by atoms with Crippen molar-refractivity contribution in [3.8, 4) is 0 Å². The average Bonchev–Trinajstić information content (AvgIpc) is 2.32. The molecule has 0 spiro atoms. The minimum absolute atomic E-state index is 0.908. The second kappa shape index (κ2) is 5.74. The largest absolute Gasteiger partial charge is 0.317 e. The minimum Gasteiger partial charge on any atom is -0.317 e. The molecule has 1 saturated heterocycles. The van der Waals surface area contributed by atoms with Crippen LogP contribution in [0, 0.1) is 19.8 Å². The van der Waals surface area contributed by atoms with E-state index in [4.69, 9.17) is 0 Å². The number of hydrogen-bond donors (Lipinski definition) is 1. The first-order chi connectivity index (χ1) is 7.75. The predicted molar refractivity (Wildman–Crippen MR) is 72.2 cm³/mol.